The van der Waals surface area contributed by atoms with E-state index in [9.17, 15) is 9.90 Å². The van der Waals surface area contributed by atoms with E-state index >= 15 is 0 Å². The number of aromatic nitrogens is 3. The number of carbonyl (C=O) groups is 1. The Morgan fingerprint density at radius 3 is 2.64 bits per heavy atom. The number of hydrogen-bond acceptors (Lipinski definition) is 4. The molecule has 0 spiro atoms. The Bertz CT molecular complexity index is 692. The largest absolute Gasteiger partial charge is 0.389 e. The van der Waals surface area contributed by atoms with Gasteiger partial charge in [-0.2, -0.15) is 5.10 Å². The SMILES string of the molecule is CC(C)N(CC(C)(C)O)C(=O)N[C@@H](C)c1cccc(-n2cncn2)c1. The highest BCUT2D eigenvalue weighted by Crippen LogP contribution is 2.17. The van der Waals surface area contributed by atoms with Crippen LogP contribution in [0.4, 0.5) is 4.79 Å². The maximum Gasteiger partial charge on any atom is 0.318 e. The summed E-state index contributed by atoms with van der Waals surface area (Å²) in [6.45, 7) is 9.45. The molecule has 0 bridgehead atoms. The normalized spacial score (nSPS) is 12.9. The second kappa shape index (κ2) is 7.65. The average Bonchev–Trinajstić information content (AvgIpc) is 3.06. The van der Waals surface area contributed by atoms with Crippen LogP contribution < -0.4 is 5.32 Å². The Balaban J connectivity index is 2.11. The first kappa shape index (κ1) is 18.9. The predicted molar refractivity (Wildman–Crippen MR) is 96.4 cm³/mol. The number of aliphatic hydroxyl groups is 1. The molecular formula is C18H27N5O2. The van der Waals surface area contributed by atoms with Gasteiger partial charge in [0.15, 0.2) is 0 Å². The van der Waals surface area contributed by atoms with E-state index in [1.807, 2.05) is 45.0 Å². The number of carbonyl (C=O) groups excluding carboxylic acids is 1. The number of nitrogens with one attached hydrogen (secondary N) is 1. The van der Waals surface area contributed by atoms with Crippen molar-refractivity contribution < 1.29 is 9.90 Å². The molecule has 7 nitrogen and oxygen atoms in total. The molecule has 1 aromatic heterocycles. The van der Waals surface area contributed by atoms with E-state index in [1.165, 1.54) is 6.33 Å². The molecule has 0 unspecified atom stereocenters. The van der Waals surface area contributed by atoms with Crippen molar-refractivity contribution >= 4 is 6.03 Å². The first-order chi connectivity index (χ1) is 11.7. The quantitative estimate of drug-likeness (QED) is 0.843. The second-order valence-corrected chi connectivity index (χ2v) is 7.14. The van der Waals surface area contributed by atoms with Crippen molar-refractivity contribution in [3.05, 3.63) is 42.5 Å². The molecule has 0 aliphatic rings. The maximum absolute atomic E-state index is 12.6. The molecule has 1 heterocycles. The Morgan fingerprint density at radius 1 is 1.36 bits per heavy atom. The second-order valence-electron chi connectivity index (χ2n) is 7.14. The van der Waals surface area contributed by atoms with Crippen LogP contribution in [-0.2, 0) is 0 Å². The fourth-order valence-electron chi connectivity index (χ4n) is 2.54. The van der Waals surface area contributed by atoms with Gasteiger partial charge >= 0.3 is 6.03 Å². The molecular weight excluding hydrogens is 318 g/mol. The molecule has 0 radical (unpaired) electrons. The van der Waals surface area contributed by atoms with E-state index in [1.54, 1.807) is 29.8 Å². The zero-order valence-electron chi connectivity index (χ0n) is 15.5. The number of amides is 2. The summed E-state index contributed by atoms with van der Waals surface area (Å²) in [7, 11) is 0. The lowest BCUT2D eigenvalue weighted by Gasteiger charge is -2.33. The lowest BCUT2D eigenvalue weighted by atomic mass is 10.1. The van der Waals surface area contributed by atoms with Crippen molar-refractivity contribution in [1.29, 1.82) is 0 Å². The van der Waals surface area contributed by atoms with E-state index in [4.69, 9.17) is 0 Å². The van der Waals surface area contributed by atoms with Crippen LogP contribution in [-0.4, -0.2) is 49.0 Å². The van der Waals surface area contributed by atoms with Crippen LogP contribution in [0.25, 0.3) is 5.69 Å². The molecule has 2 amide bonds. The molecule has 2 rings (SSSR count). The zero-order valence-corrected chi connectivity index (χ0v) is 15.5. The highest BCUT2D eigenvalue weighted by molar-refractivity contribution is 5.75. The van der Waals surface area contributed by atoms with E-state index in [0.717, 1.165) is 11.3 Å². The third-order valence-corrected chi connectivity index (χ3v) is 3.83. The van der Waals surface area contributed by atoms with Crippen LogP contribution in [0.1, 0.15) is 46.2 Å². The Hall–Kier alpha value is -2.41. The van der Waals surface area contributed by atoms with Crippen LogP contribution in [0.15, 0.2) is 36.9 Å². The van der Waals surface area contributed by atoms with Gasteiger partial charge in [0, 0.05) is 6.04 Å². The lowest BCUT2D eigenvalue weighted by Crippen LogP contribution is -2.50. The summed E-state index contributed by atoms with van der Waals surface area (Å²) in [6, 6.07) is 7.39. The fraction of sp³-hybridized carbons (Fsp3) is 0.500. The fourth-order valence-corrected chi connectivity index (χ4v) is 2.54. The van der Waals surface area contributed by atoms with Gasteiger partial charge in [0.05, 0.1) is 23.9 Å². The summed E-state index contributed by atoms with van der Waals surface area (Å²) in [5.74, 6) is 0. The van der Waals surface area contributed by atoms with Gasteiger partial charge in [0.25, 0.3) is 0 Å². The zero-order chi connectivity index (χ0) is 18.6. The van der Waals surface area contributed by atoms with Gasteiger partial charge < -0.3 is 15.3 Å². The third-order valence-electron chi connectivity index (χ3n) is 3.83. The van der Waals surface area contributed by atoms with E-state index in [2.05, 4.69) is 15.4 Å². The minimum Gasteiger partial charge on any atom is -0.389 e. The van der Waals surface area contributed by atoms with Crippen LogP contribution >= 0.6 is 0 Å². The van der Waals surface area contributed by atoms with Gasteiger partial charge in [-0.25, -0.2) is 14.5 Å². The molecule has 0 fully saturated rings. The van der Waals surface area contributed by atoms with Gasteiger partial charge in [-0.05, 0) is 52.3 Å². The lowest BCUT2D eigenvalue weighted by molar-refractivity contribution is 0.0383. The Labute approximate surface area is 148 Å². The standard InChI is InChI=1S/C18H27N5O2/c1-13(2)22(10-18(4,5)25)17(24)21-14(3)15-7-6-8-16(9-15)23-12-19-11-20-23/h6-9,11-14,25H,10H2,1-5H3,(H,21,24)/t14-/m0/s1. The molecule has 7 heteroatoms. The van der Waals surface area contributed by atoms with Crippen LogP contribution in [0.2, 0.25) is 0 Å². The Morgan fingerprint density at radius 2 is 2.08 bits per heavy atom. The molecule has 25 heavy (non-hydrogen) atoms. The summed E-state index contributed by atoms with van der Waals surface area (Å²) >= 11 is 0. The van der Waals surface area contributed by atoms with Crippen molar-refractivity contribution in [1.82, 2.24) is 25.0 Å². The highest BCUT2D eigenvalue weighted by Gasteiger charge is 2.25. The molecule has 0 aliphatic heterocycles. The molecule has 0 saturated carbocycles. The van der Waals surface area contributed by atoms with Crippen LogP contribution in [0.5, 0.6) is 0 Å². The summed E-state index contributed by atoms with van der Waals surface area (Å²) < 4.78 is 1.67. The Kier molecular flexibility index (Phi) is 5.79. The molecule has 0 aliphatic carbocycles. The molecule has 136 valence electrons. The maximum atomic E-state index is 12.6. The average molecular weight is 345 g/mol. The molecule has 2 N–H and O–H groups in total. The molecule has 0 saturated heterocycles. The van der Waals surface area contributed by atoms with Crippen molar-refractivity contribution in [3.8, 4) is 5.69 Å². The van der Waals surface area contributed by atoms with Gasteiger partial charge in [-0.1, -0.05) is 12.1 Å². The minimum absolute atomic E-state index is 0.0138. The monoisotopic (exact) mass is 345 g/mol. The van der Waals surface area contributed by atoms with Crippen LogP contribution in [0, 0.1) is 0 Å². The van der Waals surface area contributed by atoms with Gasteiger partial charge in [0.2, 0.25) is 0 Å². The first-order valence-electron chi connectivity index (χ1n) is 8.42. The number of hydrogen-bond donors (Lipinski definition) is 2. The van der Waals surface area contributed by atoms with E-state index < -0.39 is 5.60 Å². The van der Waals surface area contributed by atoms with Gasteiger partial charge in [0.1, 0.15) is 12.7 Å². The highest BCUT2D eigenvalue weighted by atomic mass is 16.3. The number of rotatable bonds is 6. The summed E-state index contributed by atoms with van der Waals surface area (Å²) in [5.41, 5.74) is 0.902. The third kappa shape index (κ3) is 5.29. The number of nitrogens with zero attached hydrogens (tertiary/aromatic N) is 4. The molecule has 1 atom stereocenters. The smallest absolute Gasteiger partial charge is 0.318 e. The van der Waals surface area contributed by atoms with Crippen molar-refractivity contribution in [2.24, 2.45) is 0 Å². The van der Waals surface area contributed by atoms with Crippen LogP contribution in [0.3, 0.4) is 0 Å². The van der Waals surface area contributed by atoms with Crippen molar-refractivity contribution in [2.45, 2.75) is 52.3 Å². The topological polar surface area (TPSA) is 83.3 Å². The van der Waals surface area contributed by atoms with Gasteiger partial charge in [-0.3, -0.25) is 0 Å². The molecule has 1 aromatic carbocycles. The summed E-state index contributed by atoms with van der Waals surface area (Å²) in [6.07, 6.45) is 3.11. The number of urea groups is 1. The van der Waals surface area contributed by atoms with Gasteiger partial charge in [-0.15, -0.1) is 0 Å². The van der Waals surface area contributed by atoms with Crippen molar-refractivity contribution in [3.63, 3.8) is 0 Å². The van der Waals surface area contributed by atoms with E-state index in [0.29, 0.717) is 0 Å². The predicted octanol–water partition coefficient (Wildman–Crippen LogP) is 2.52. The van der Waals surface area contributed by atoms with E-state index in [-0.39, 0.29) is 24.7 Å². The van der Waals surface area contributed by atoms with Crippen molar-refractivity contribution in [2.75, 3.05) is 6.54 Å². The molecule has 2 aromatic rings. The summed E-state index contributed by atoms with van der Waals surface area (Å²) in [4.78, 5) is 18.2. The summed E-state index contributed by atoms with van der Waals surface area (Å²) in [5, 5.41) is 17.2. The first-order valence-corrected chi connectivity index (χ1v) is 8.42. The minimum atomic E-state index is -0.947. The number of benzene rings is 1.